The topological polar surface area (TPSA) is 49.4 Å². The van der Waals surface area contributed by atoms with E-state index in [1.807, 2.05) is 13.8 Å². The minimum Gasteiger partial charge on any atom is -0.545 e. The maximum Gasteiger partial charge on any atom is 0.419 e. The fraction of sp³-hybridized carbons (Fsp3) is 0.632. The normalized spacial score (nSPS) is 29.6. The summed E-state index contributed by atoms with van der Waals surface area (Å²) in [5, 5.41) is 11.1. The Morgan fingerprint density at radius 2 is 2.12 bits per heavy atom. The molecule has 1 aromatic carbocycles. The van der Waals surface area contributed by atoms with Gasteiger partial charge in [0, 0.05) is 5.56 Å². The molecular weight excluding hydrogens is 333 g/mol. The van der Waals surface area contributed by atoms with Crippen molar-refractivity contribution in [2.45, 2.75) is 57.7 Å². The number of hydrogen-bond acceptors (Lipinski definition) is 3. The molecule has 2 fully saturated rings. The molecule has 0 heterocycles. The molecule has 6 heteroatoms. The first-order valence-corrected chi connectivity index (χ1v) is 8.79. The first-order valence-electron chi connectivity index (χ1n) is 8.79. The zero-order chi connectivity index (χ0) is 18.4. The monoisotopic (exact) mass is 355 g/mol. The van der Waals surface area contributed by atoms with Gasteiger partial charge in [0.2, 0.25) is 0 Å². The predicted molar refractivity (Wildman–Crippen MR) is 84.0 cm³/mol. The van der Waals surface area contributed by atoms with Crippen LogP contribution in [0.1, 0.15) is 61.9 Å². The quantitative estimate of drug-likeness (QED) is 0.800. The highest BCUT2D eigenvalue weighted by Gasteiger charge is 2.55. The van der Waals surface area contributed by atoms with Crippen molar-refractivity contribution in [3.05, 3.63) is 29.3 Å². The maximum absolute atomic E-state index is 13.4. The van der Waals surface area contributed by atoms with E-state index in [0.29, 0.717) is 5.92 Å². The molecule has 0 N–H and O–H groups in total. The van der Waals surface area contributed by atoms with Crippen molar-refractivity contribution in [2.75, 3.05) is 0 Å². The summed E-state index contributed by atoms with van der Waals surface area (Å²) in [6.07, 6.45) is -0.0435. The number of aromatic carboxylic acids is 1. The van der Waals surface area contributed by atoms with Gasteiger partial charge in [-0.2, -0.15) is 13.2 Å². The van der Waals surface area contributed by atoms with Crippen LogP contribution in [0.15, 0.2) is 18.2 Å². The lowest BCUT2D eigenvalue weighted by Crippen LogP contribution is -2.47. The Balaban J connectivity index is 2.05. The molecule has 3 rings (SSSR count). The molecule has 0 aliphatic heterocycles. The third kappa shape index (κ3) is 3.11. The number of hydrogen-bond donors (Lipinski definition) is 0. The van der Waals surface area contributed by atoms with Crippen LogP contribution in [0.4, 0.5) is 13.2 Å². The largest absolute Gasteiger partial charge is 0.545 e. The van der Waals surface area contributed by atoms with E-state index in [2.05, 4.69) is 0 Å². The average Bonchev–Trinajstić information content (AvgIpc) is 3.14. The van der Waals surface area contributed by atoms with Gasteiger partial charge in [-0.15, -0.1) is 0 Å². The third-order valence-electron chi connectivity index (χ3n) is 6.11. The molecule has 2 bridgehead atoms. The van der Waals surface area contributed by atoms with Gasteiger partial charge in [-0.25, -0.2) is 0 Å². The van der Waals surface area contributed by atoms with Crippen LogP contribution in [-0.2, 0) is 6.18 Å². The predicted octanol–water partition coefficient (Wildman–Crippen LogP) is 4.05. The molecule has 4 atom stereocenters. The van der Waals surface area contributed by atoms with Gasteiger partial charge in [0.25, 0.3) is 0 Å². The number of alkyl halides is 3. The number of carboxylic acids is 1. The fourth-order valence-electron chi connectivity index (χ4n) is 4.67. The van der Waals surface area contributed by atoms with Crippen LogP contribution >= 0.6 is 0 Å². The number of halogens is 3. The highest BCUT2D eigenvalue weighted by atomic mass is 19.4. The van der Waals surface area contributed by atoms with Crippen molar-refractivity contribution in [2.24, 2.45) is 17.8 Å². The van der Waals surface area contributed by atoms with Crippen molar-refractivity contribution < 1.29 is 27.8 Å². The second-order valence-corrected chi connectivity index (χ2v) is 7.44. The van der Waals surface area contributed by atoms with E-state index in [1.165, 1.54) is 0 Å². The Morgan fingerprint density at radius 1 is 1.40 bits per heavy atom. The Labute approximate surface area is 145 Å². The van der Waals surface area contributed by atoms with Gasteiger partial charge in [0.05, 0.1) is 11.5 Å². The lowest BCUT2D eigenvalue weighted by atomic mass is 9.74. The number of benzene rings is 1. The molecule has 4 unspecified atom stereocenters. The summed E-state index contributed by atoms with van der Waals surface area (Å²) in [5.74, 6) is -1.10. The number of rotatable bonds is 5. The molecule has 2 aliphatic carbocycles. The molecule has 0 radical (unpaired) electrons. The van der Waals surface area contributed by atoms with Gasteiger partial charge in [-0.1, -0.05) is 19.9 Å². The van der Waals surface area contributed by atoms with E-state index in [1.54, 1.807) is 0 Å². The summed E-state index contributed by atoms with van der Waals surface area (Å²) >= 11 is 0. The van der Waals surface area contributed by atoms with Crippen molar-refractivity contribution in [1.29, 1.82) is 0 Å². The molecule has 3 nitrogen and oxygen atoms in total. The molecule has 2 saturated carbocycles. The average molecular weight is 355 g/mol. The molecule has 2 aliphatic rings. The lowest BCUT2D eigenvalue weighted by Gasteiger charge is -2.43. The van der Waals surface area contributed by atoms with E-state index in [0.717, 1.165) is 50.3 Å². The Morgan fingerprint density at radius 3 is 2.60 bits per heavy atom. The van der Waals surface area contributed by atoms with Gasteiger partial charge in [0.1, 0.15) is 11.4 Å². The molecule has 1 aromatic rings. The Bertz CT molecular complexity index is 670. The Hall–Kier alpha value is -1.72. The highest BCUT2D eigenvalue weighted by molar-refractivity contribution is 5.86. The van der Waals surface area contributed by atoms with Crippen molar-refractivity contribution in [3.63, 3.8) is 0 Å². The van der Waals surface area contributed by atoms with Crippen LogP contribution in [0, 0.1) is 17.8 Å². The number of carbonyl (C=O) groups is 1. The fourth-order valence-corrected chi connectivity index (χ4v) is 4.67. The van der Waals surface area contributed by atoms with Gasteiger partial charge >= 0.3 is 6.18 Å². The molecule has 25 heavy (non-hydrogen) atoms. The minimum absolute atomic E-state index is 0.0930. The van der Waals surface area contributed by atoms with Crippen LogP contribution in [0.2, 0.25) is 0 Å². The summed E-state index contributed by atoms with van der Waals surface area (Å²) in [7, 11) is 0. The van der Waals surface area contributed by atoms with Crippen LogP contribution in [0.3, 0.4) is 0 Å². The summed E-state index contributed by atoms with van der Waals surface area (Å²) in [6.45, 7) is 4.01. The summed E-state index contributed by atoms with van der Waals surface area (Å²) in [5.41, 5.74) is -1.88. The zero-order valence-electron chi connectivity index (χ0n) is 14.4. The van der Waals surface area contributed by atoms with Crippen LogP contribution in [-0.4, -0.2) is 11.6 Å². The van der Waals surface area contributed by atoms with Crippen molar-refractivity contribution in [1.82, 2.24) is 0 Å². The van der Waals surface area contributed by atoms with E-state index in [-0.39, 0.29) is 23.1 Å². The highest BCUT2D eigenvalue weighted by Crippen LogP contribution is 2.56. The zero-order valence-corrected chi connectivity index (χ0v) is 14.4. The molecule has 0 saturated heterocycles. The second-order valence-electron chi connectivity index (χ2n) is 7.44. The molecule has 138 valence electrons. The van der Waals surface area contributed by atoms with Gasteiger partial charge in [0.15, 0.2) is 0 Å². The van der Waals surface area contributed by atoms with E-state index in [9.17, 15) is 23.1 Å². The second kappa shape index (κ2) is 6.22. The van der Waals surface area contributed by atoms with E-state index in [4.69, 9.17) is 4.74 Å². The number of fused-ring (bicyclic) bond motifs is 2. The smallest absolute Gasteiger partial charge is 0.419 e. The summed E-state index contributed by atoms with van der Waals surface area (Å²) in [4.78, 5) is 11.1. The molecule has 0 spiro atoms. The molecule has 0 amide bonds. The standard InChI is InChI=1S/C19H23F3O3/c1-3-11(2)18(10-12-4-6-14(18)8-12)25-16-9-13(17(23)24)5-7-15(16)19(20,21)22/h5,7,9,11-12,14H,3-4,6,8,10H2,1-2H3,(H,23,24)/p-1. The maximum atomic E-state index is 13.4. The summed E-state index contributed by atoms with van der Waals surface area (Å²) in [6, 6.07) is 2.66. The molecule has 0 aromatic heterocycles. The van der Waals surface area contributed by atoms with Crippen LogP contribution < -0.4 is 9.84 Å². The van der Waals surface area contributed by atoms with E-state index < -0.39 is 23.3 Å². The van der Waals surface area contributed by atoms with Gasteiger partial charge in [-0.05, 0) is 62.0 Å². The number of carbonyl (C=O) groups excluding carboxylic acids is 1. The SMILES string of the molecule is CCC(C)C1(Oc2cc(C(=O)[O-])ccc2C(F)(F)F)CC2CCC1C2. The van der Waals surface area contributed by atoms with E-state index >= 15 is 0 Å². The van der Waals surface area contributed by atoms with Gasteiger partial charge < -0.3 is 14.6 Å². The third-order valence-corrected chi connectivity index (χ3v) is 6.11. The Kier molecular flexibility index (Phi) is 4.50. The van der Waals surface area contributed by atoms with Crippen molar-refractivity contribution in [3.8, 4) is 5.75 Å². The van der Waals surface area contributed by atoms with Crippen LogP contribution in [0.25, 0.3) is 0 Å². The van der Waals surface area contributed by atoms with Gasteiger partial charge in [-0.3, -0.25) is 0 Å². The number of ether oxygens (including phenoxy) is 1. The molecular formula is C19H22F3O3-. The first-order chi connectivity index (χ1) is 11.7. The first kappa shape index (κ1) is 18.1. The summed E-state index contributed by atoms with van der Waals surface area (Å²) < 4.78 is 46.3. The minimum atomic E-state index is -4.60. The van der Waals surface area contributed by atoms with Crippen molar-refractivity contribution >= 4 is 5.97 Å². The van der Waals surface area contributed by atoms with Crippen LogP contribution in [0.5, 0.6) is 5.75 Å². The lowest BCUT2D eigenvalue weighted by molar-refractivity contribution is -0.255. The number of carboxylic acid groups (broad SMARTS) is 1.